The molecule has 1 amide bonds. The first kappa shape index (κ1) is 15.1. The zero-order valence-corrected chi connectivity index (χ0v) is 13.2. The van der Waals surface area contributed by atoms with E-state index in [4.69, 9.17) is 22.7 Å². The standard InChI is InChI=1S/C14H18N2O2S2/c1-14(7-4-8-20-14)13(17)16-11-9(12(15)19)5-3-6-10(11)18-2/h3,5-6H,4,7-8H2,1-2H3,(H2,15,19)(H,16,17). The van der Waals surface area contributed by atoms with Gasteiger partial charge in [0.15, 0.2) is 0 Å². The average Bonchev–Trinajstić information content (AvgIpc) is 2.87. The van der Waals surface area contributed by atoms with E-state index in [1.54, 1.807) is 37.1 Å². The number of amides is 1. The summed E-state index contributed by atoms with van der Waals surface area (Å²) < 4.78 is 4.90. The zero-order valence-electron chi connectivity index (χ0n) is 11.6. The summed E-state index contributed by atoms with van der Waals surface area (Å²) in [5.74, 6) is 1.55. The van der Waals surface area contributed by atoms with Gasteiger partial charge in [0.25, 0.3) is 0 Å². The third-order valence-electron chi connectivity index (χ3n) is 3.45. The van der Waals surface area contributed by atoms with Gasteiger partial charge in [-0.3, -0.25) is 4.79 Å². The van der Waals surface area contributed by atoms with Crippen LogP contribution in [0.5, 0.6) is 5.75 Å². The fraction of sp³-hybridized carbons (Fsp3) is 0.429. The van der Waals surface area contributed by atoms with Crippen LogP contribution in [-0.2, 0) is 4.79 Å². The van der Waals surface area contributed by atoms with Gasteiger partial charge in [0.2, 0.25) is 5.91 Å². The Morgan fingerprint density at radius 1 is 1.55 bits per heavy atom. The second-order valence-electron chi connectivity index (χ2n) is 4.88. The highest BCUT2D eigenvalue weighted by Crippen LogP contribution is 2.39. The van der Waals surface area contributed by atoms with Gasteiger partial charge >= 0.3 is 0 Å². The van der Waals surface area contributed by atoms with Crippen molar-refractivity contribution in [3.8, 4) is 5.75 Å². The minimum Gasteiger partial charge on any atom is -0.495 e. The summed E-state index contributed by atoms with van der Waals surface area (Å²) in [5, 5.41) is 2.94. The summed E-state index contributed by atoms with van der Waals surface area (Å²) in [7, 11) is 1.56. The number of thioether (sulfide) groups is 1. The Morgan fingerprint density at radius 3 is 2.85 bits per heavy atom. The highest BCUT2D eigenvalue weighted by molar-refractivity contribution is 8.01. The van der Waals surface area contributed by atoms with Crippen molar-refractivity contribution in [3.05, 3.63) is 23.8 Å². The van der Waals surface area contributed by atoms with Crippen molar-refractivity contribution >= 4 is 40.6 Å². The zero-order chi connectivity index (χ0) is 14.8. The normalized spacial score (nSPS) is 21.5. The van der Waals surface area contributed by atoms with E-state index in [9.17, 15) is 4.79 Å². The van der Waals surface area contributed by atoms with Gasteiger partial charge in [0.1, 0.15) is 10.7 Å². The molecule has 6 heteroatoms. The Hall–Kier alpha value is -1.27. The summed E-state index contributed by atoms with van der Waals surface area (Å²) in [5.41, 5.74) is 6.90. The van der Waals surface area contributed by atoms with Crippen LogP contribution in [-0.4, -0.2) is 28.5 Å². The Morgan fingerprint density at radius 2 is 2.30 bits per heavy atom. The molecule has 1 aliphatic heterocycles. The Kier molecular flexibility index (Phi) is 4.55. The third-order valence-corrected chi connectivity index (χ3v) is 5.19. The van der Waals surface area contributed by atoms with Crippen LogP contribution in [0, 0.1) is 0 Å². The van der Waals surface area contributed by atoms with Gasteiger partial charge in [-0.15, -0.1) is 11.8 Å². The molecule has 1 saturated heterocycles. The van der Waals surface area contributed by atoms with Gasteiger partial charge in [0.05, 0.1) is 17.5 Å². The molecule has 4 nitrogen and oxygen atoms in total. The minimum absolute atomic E-state index is 0.0259. The van der Waals surface area contributed by atoms with Gasteiger partial charge in [-0.2, -0.15) is 0 Å². The number of benzene rings is 1. The van der Waals surface area contributed by atoms with E-state index in [0.717, 1.165) is 18.6 Å². The molecule has 1 aromatic rings. The Balaban J connectivity index is 2.32. The van der Waals surface area contributed by atoms with E-state index in [1.165, 1.54) is 0 Å². The van der Waals surface area contributed by atoms with Crippen LogP contribution < -0.4 is 15.8 Å². The molecule has 1 unspecified atom stereocenters. The van der Waals surface area contributed by atoms with Crippen LogP contribution in [0.25, 0.3) is 0 Å². The molecule has 108 valence electrons. The second kappa shape index (κ2) is 6.01. The first-order valence-corrected chi connectivity index (χ1v) is 7.79. The van der Waals surface area contributed by atoms with Crippen LogP contribution in [0.1, 0.15) is 25.3 Å². The highest BCUT2D eigenvalue weighted by atomic mass is 32.2. The van der Waals surface area contributed by atoms with Crippen LogP contribution in [0.2, 0.25) is 0 Å². The van der Waals surface area contributed by atoms with E-state index in [1.807, 2.05) is 6.92 Å². The van der Waals surface area contributed by atoms with E-state index in [-0.39, 0.29) is 10.9 Å². The van der Waals surface area contributed by atoms with Crippen molar-refractivity contribution in [2.45, 2.75) is 24.5 Å². The maximum Gasteiger partial charge on any atom is 0.240 e. The van der Waals surface area contributed by atoms with Crippen molar-refractivity contribution in [3.63, 3.8) is 0 Å². The lowest BCUT2D eigenvalue weighted by Gasteiger charge is -2.23. The monoisotopic (exact) mass is 310 g/mol. The molecule has 1 aliphatic rings. The van der Waals surface area contributed by atoms with Crippen molar-refractivity contribution in [2.24, 2.45) is 5.73 Å². The molecule has 2 rings (SSSR count). The summed E-state index contributed by atoms with van der Waals surface area (Å²) in [6.07, 6.45) is 1.93. The van der Waals surface area contributed by atoms with E-state index < -0.39 is 4.75 Å². The van der Waals surface area contributed by atoms with Crippen LogP contribution in [0.4, 0.5) is 5.69 Å². The van der Waals surface area contributed by atoms with Gasteiger partial charge in [-0.05, 0) is 37.7 Å². The van der Waals surface area contributed by atoms with Gasteiger partial charge in [-0.1, -0.05) is 18.3 Å². The van der Waals surface area contributed by atoms with Gasteiger partial charge in [-0.25, -0.2) is 0 Å². The smallest absolute Gasteiger partial charge is 0.240 e. The second-order valence-corrected chi connectivity index (χ2v) is 6.92. The number of thiocarbonyl (C=S) groups is 1. The molecule has 3 N–H and O–H groups in total. The first-order chi connectivity index (χ1) is 9.48. The summed E-state index contributed by atoms with van der Waals surface area (Å²) >= 11 is 6.72. The molecule has 1 heterocycles. The molecule has 1 aromatic carbocycles. The number of carbonyl (C=O) groups is 1. The number of hydrogen-bond acceptors (Lipinski definition) is 4. The van der Waals surface area contributed by atoms with Crippen molar-refractivity contribution in [2.75, 3.05) is 18.2 Å². The number of ether oxygens (including phenoxy) is 1. The van der Waals surface area contributed by atoms with Crippen LogP contribution >= 0.6 is 24.0 Å². The number of nitrogens with one attached hydrogen (secondary N) is 1. The number of nitrogens with two attached hydrogens (primary N) is 1. The predicted octanol–water partition coefficient (Wildman–Crippen LogP) is 2.55. The molecular weight excluding hydrogens is 292 g/mol. The third kappa shape index (κ3) is 2.91. The lowest BCUT2D eigenvalue weighted by Crippen LogP contribution is -2.35. The molecule has 0 aromatic heterocycles. The quantitative estimate of drug-likeness (QED) is 0.837. The summed E-state index contributed by atoms with van der Waals surface area (Å²) in [4.78, 5) is 12.7. The van der Waals surface area contributed by atoms with Crippen molar-refractivity contribution in [1.82, 2.24) is 0 Å². The van der Waals surface area contributed by atoms with Gasteiger partial charge < -0.3 is 15.8 Å². The molecule has 0 aliphatic carbocycles. The number of para-hydroxylation sites is 1. The maximum atomic E-state index is 12.5. The minimum atomic E-state index is -0.395. The van der Waals surface area contributed by atoms with Crippen LogP contribution in [0.15, 0.2) is 18.2 Å². The highest BCUT2D eigenvalue weighted by Gasteiger charge is 2.37. The molecule has 1 fully saturated rings. The van der Waals surface area contributed by atoms with Crippen molar-refractivity contribution < 1.29 is 9.53 Å². The molecule has 0 spiro atoms. The molecule has 0 saturated carbocycles. The number of hydrogen-bond donors (Lipinski definition) is 2. The number of carbonyl (C=O) groups excluding carboxylic acids is 1. The topological polar surface area (TPSA) is 64.3 Å². The Bertz CT molecular complexity index is 540. The molecular formula is C14H18N2O2S2. The Labute approximate surface area is 128 Å². The van der Waals surface area contributed by atoms with E-state index in [0.29, 0.717) is 17.0 Å². The number of anilines is 1. The number of methoxy groups -OCH3 is 1. The fourth-order valence-corrected chi connectivity index (χ4v) is 3.62. The summed E-state index contributed by atoms with van der Waals surface area (Å²) in [6, 6.07) is 5.36. The van der Waals surface area contributed by atoms with E-state index >= 15 is 0 Å². The molecule has 1 atom stereocenters. The summed E-state index contributed by atoms with van der Waals surface area (Å²) in [6.45, 7) is 1.97. The van der Waals surface area contributed by atoms with Crippen LogP contribution in [0.3, 0.4) is 0 Å². The van der Waals surface area contributed by atoms with Gasteiger partial charge in [0, 0.05) is 5.56 Å². The molecule has 0 radical (unpaired) electrons. The molecule has 20 heavy (non-hydrogen) atoms. The average molecular weight is 310 g/mol. The van der Waals surface area contributed by atoms with E-state index in [2.05, 4.69) is 5.32 Å². The predicted molar refractivity (Wildman–Crippen MR) is 87.6 cm³/mol. The lowest BCUT2D eigenvalue weighted by atomic mass is 10.0. The largest absolute Gasteiger partial charge is 0.495 e. The lowest BCUT2D eigenvalue weighted by molar-refractivity contribution is -0.118. The first-order valence-electron chi connectivity index (χ1n) is 6.40. The molecule has 0 bridgehead atoms. The SMILES string of the molecule is COc1cccc(C(N)=S)c1NC(=O)C1(C)CCCS1. The maximum absolute atomic E-state index is 12.5. The van der Waals surface area contributed by atoms with Crippen molar-refractivity contribution in [1.29, 1.82) is 0 Å². The number of rotatable bonds is 4. The fourth-order valence-electron chi connectivity index (χ4n) is 2.24.